The van der Waals surface area contributed by atoms with Crippen LogP contribution in [0.4, 0.5) is 5.69 Å². The van der Waals surface area contributed by atoms with Crippen LogP contribution in [-0.2, 0) is 10.2 Å². The molecule has 3 aromatic rings. The molecular weight excluding hydrogens is 441 g/mol. The minimum Gasteiger partial charge on any atom is -0.480 e. The molecule has 162 valence electrons. The number of anilines is 1. The van der Waals surface area contributed by atoms with Crippen molar-refractivity contribution in [1.82, 2.24) is 0 Å². The molecule has 0 radical (unpaired) electrons. The molecule has 0 aromatic heterocycles. The maximum absolute atomic E-state index is 12.5. The molecule has 2 aliphatic rings. The Labute approximate surface area is 197 Å². The van der Waals surface area contributed by atoms with Crippen molar-refractivity contribution in [3.05, 3.63) is 99.5 Å². The molecule has 0 amide bonds. The third kappa shape index (κ3) is 3.41. The molecular formula is C27H23Cl2NO2. The predicted molar refractivity (Wildman–Crippen MR) is 131 cm³/mol. The standard InChI is InChI=1S/C27H23Cl2NO2/c28-19-7-5-8-20(17-19)30-27(25(31)32)14-12-26(13-15-27)22-10-3-1-6-18(22)16-23(26)21-9-2-4-11-24(21)29/h1-11,16-17,30H,12-15H2,(H,31,32). The lowest BCUT2D eigenvalue weighted by molar-refractivity contribution is -0.143. The number of aliphatic carboxylic acids is 1. The summed E-state index contributed by atoms with van der Waals surface area (Å²) >= 11 is 12.8. The van der Waals surface area contributed by atoms with E-state index in [-0.39, 0.29) is 5.41 Å². The first kappa shape index (κ1) is 21.1. The molecule has 0 aliphatic heterocycles. The van der Waals surface area contributed by atoms with E-state index in [9.17, 15) is 9.90 Å². The quantitative estimate of drug-likeness (QED) is 0.426. The number of hydrogen-bond acceptors (Lipinski definition) is 2. The van der Waals surface area contributed by atoms with Gasteiger partial charge in [0.1, 0.15) is 5.54 Å². The van der Waals surface area contributed by atoms with Gasteiger partial charge in [-0.2, -0.15) is 0 Å². The van der Waals surface area contributed by atoms with Gasteiger partial charge >= 0.3 is 5.97 Å². The monoisotopic (exact) mass is 463 g/mol. The van der Waals surface area contributed by atoms with E-state index in [0.29, 0.717) is 30.7 Å². The van der Waals surface area contributed by atoms with Gasteiger partial charge in [0.25, 0.3) is 0 Å². The van der Waals surface area contributed by atoms with Crippen molar-refractivity contribution in [2.24, 2.45) is 0 Å². The van der Waals surface area contributed by atoms with Gasteiger partial charge in [-0.15, -0.1) is 0 Å². The van der Waals surface area contributed by atoms with Crippen LogP contribution in [0.15, 0.2) is 72.8 Å². The highest BCUT2D eigenvalue weighted by Crippen LogP contribution is 2.57. The van der Waals surface area contributed by atoms with Crippen LogP contribution in [0, 0.1) is 0 Å². The third-order valence-electron chi connectivity index (χ3n) is 7.03. The van der Waals surface area contributed by atoms with Crippen molar-refractivity contribution in [1.29, 1.82) is 0 Å². The Morgan fingerprint density at radius 2 is 1.59 bits per heavy atom. The number of carboxylic acids is 1. The van der Waals surface area contributed by atoms with E-state index in [1.807, 2.05) is 36.4 Å². The predicted octanol–water partition coefficient (Wildman–Crippen LogP) is 7.29. The largest absolute Gasteiger partial charge is 0.480 e. The summed E-state index contributed by atoms with van der Waals surface area (Å²) in [6.07, 6.45) is 4.63. The SMILES string of the molecule is O=C(O)C1(Nc2cccc(Cl)c2)CCC2(CC1)C(c1ccccc1Cl)=Cc1ccccc12. The highest BCUT2D eigenvalue weighted by Gasteiger charge is 2.51. The van der Waals surface area contributed by atoms with Crippen LogP contribution in [0.25, 0.3) is 11.6 Å². The van der Waals surface area contributed by atoms with Crippen molar-refractivity contribution in [3.63, 3.8) is 0 Å². The molecule has 1 saturated carbocycles. The zero-order valence-corrected chi connectivity index (χ0v) is 19.0. The summed E-state index contributed by atoms with van der Waals surface area (Å²) in [5.74, 6) is -0.832. The number of nitrogens with one attached hydrogen (secondary N) is 1. The number of rotatable bonds is 4. The van der Waals surface area contributed by atoms with Gasteiger partial charge in [-0.3, -0.25) is 0 Å². The molecule has 5 rings (SSSR count). The van der Waals surface area contributed by atoms with E-state index in [1.54, 1.807) is 12.1 Å². The third-order valence-corrected chi connectivity index (χ3v) is 7.60. The Balaban J connectivity index is 1.53. The van der Waals surface area contributed by atoms with Crippen molar-refractivity contribution in [2.45, 2.75) is 36.6 Å². The summed E-state index contributed by atoms with van der Waals surface area (Å²) in [5.41, 5.74) is 4.09. The second-order valence-corrected chi connectivity index (χ2v) is 9.57. The number of carboxylic acid groups (broad SMARTS) is 1. The van der Waals surface area contributed by atoms with E-state index in [1.165, 1.54) is 16.7 Å². The molecule has 1 fully saturated rings. The van der Waals surface area contributed by atoms with E-state index < -0.39 is 11.5 Å². The van der Waals surface area contributed by atoms with Crippen LogP contribution in [0.2, 0.25) is 10.0 Å². The summed E-state index contributed by atoms with van der Waals surface area (Å²) in [5, 5.41) is 14.8. The van der Waals surface area contributed by atoms with Gasteiger partial charge in [0, 0.05) is 21.1 Å². The topological polar surface area (TPSA) is 49.3 Å². The Morgan fingerprint density at radius 3 is 2.31 bits per heavy atom. The van der Waals surface area contributed by atoms with Gasteiger partial charge in [0.05, 0.1) is 0 Å². The second-order valence-electron chi connectivity index (χ2n) is 8.73. The summed E-state index contributed by atoms with van der Waals surface area (Å²) in [7, 11) is 0. The van der Waals surface area contributed by atoms with Crippen LogP contribution >= 0.6 is 23.2 Å². The van der Waals surface area contributed by atoms with Gasteiger partial charge in [0.15, 0.2) is 0 Å². The summed E-state index contributed by atoms with van der Waals surface area (Å²) in [6.45, 7) is 0. The minimum atomic E-state index is -1.04. The van der Waals surface area contributed by atoms with Crippen molar-refractivity contribution in [2.75, 3.05) is 5.32 Å². The molecule has 0 atom stereocenters. The molecule has 2 N–H and O–H groups in total. The molecule has 3 nitrogen and oxygen atoms in total. The maximum Gasteiger partial charge on any atom is 0.329 e. The minimum absolute atomic E-state index is 0.253. The number of allylic oxidation sites excluding steroid dienone is 1. The Hall–Kier alpha value is -2.75. The smallest absolute Gasteiger partial charge is 0.329 e. The molecule has 0 bridgehead atoms. The van der Waals surface area contributed by atoms with Crippen LogP contribution in [0.1, 0.15) is 42.4 Å². The number of hydrogen-bond donors (Lipinski definition) is 2. The second kappa shape index (κ2) is 7.99. The fourth-order valence-corrected chi connectivity index (χ4v) is 5.82. The van der Waals surface area contributed by atoms with Crippen LogP contribution in [0.5, 0.6) is 0 Å². The number of benzene rings is 3. The van der Waals surface area contributed by atoms with E-state index in [2.05, 4.69) is 35.7 Å². The molecule has 0 unspecified atom stereocenters. The normalized spacial score (nSPS) is 24.1. The Morgan fingerprint density at radius 1 is 0.875 bits per heavy atom. The van der Waals surface area contributed by atoms with Crippen LogP contribution < -0.4 is 5.32 Å². The molecule has 1 spiro atoms. The van der Waals surface area contributed by atoms with Gasteiger partial charge in [-0.1, -0.05) is 71.7 Å². The summed E-state index contributed by atoms with van der Waals surface area (Å²) < 4.78 is 0. The lowest BCUT2D eigenvalue weighted by atomic mass is 9.61. The van der Waals surface area contributed by atoms with E-state index >= 15 is 0 Å². The van der Waals surface area contributed by atoms with Gasteiger partial charge < -0.3 is 10.4 Å². The molecule has 32 heavy (non-hydrogen) atoms. The van der Waals surface area contributed by atoms with Crippen LogP contribution in [-0.4, -0.2) is 16.6 Å². The molecule has 5 heteroatoms. The fourth-order valence-electron chi connectivity index (χ4n) is 5.39. The highest BCUT2D eigenvalue weighted by molar-refractivity contribution is 6.32. The molecule has 0 heterocycles. The van der Waals surface area contributed by atoms with Gasteiger partial charge in [-0.25, -0.2) is 4.79 Å². The average Bonchev–Trinajstić information content (AvgIpc) is 3.10. The first-order valence-electron chi connectivity index (χ1n) is 10.8. The van der Waals surface area contributed by atoms with Gasteiger partial charge in [-0.05, 0) is 78.3 Å². The van der Waals surface area contributed by atoms with Crippen molar-refractivity contribution < 1.29 is 9.90 Å². The zero-order chi connectivity index (χ0) is 22.3. The lowest BCUT2D eigenvalue weighted by Gasteiger charge is -2.45. The number of carbonyl (C=O) groups is 1. The first-order chi connectivity index (χ1) is 15.4. The zero-order valence-electron chi connectivity index (χ0n) is 17.4. The molecule has 0 saturated heterocycles. The fraction of sp³-hybridized carbons (Fsp3) is 0.222. The van der Waals surface area contributed by atoms with Crippen molar-refractivity contribution >= 4 is 46.5 Å². The number of fused-ring (bicyclic) bond motifs is 2. The maximum atomic E-state index is 12.5. The summed E-state index contributed by atoms with van der Waals surface area (Å²) in [4.78, 5) is 12.5. The summed E-state index contributed by atoms with van der Waals surface area (Å²) in [6, 6.07) is 23.6. The lowest BCUT2D eigenvalue weighted by Crippen LogP contribution is -2.52. The Bertz CT molecular complexity index is 1230. The van der Waals surface area contributed by atoms with E-state index in [0.717, 1.165) is 16.3 Å². The Kier molecular flexibility index (Phi) is 5.27. The van der Waals surface area contributed by atoms with Crippen molar-refractivity contribution in [3.8, 4) is 0 Å². The van der Waals surface area contributed by atoms with Crippen LogP contribution in [0.3, 0.4) is 0 Å². The highest BCUT2D eigenvalue weighted by atomic mass is 35.5. The molecule has 3 aromatic carbocycles. The molecule has 2 aliphatic carbocycles. The average molecular weight is 464 g/mol. The van der Waals surface area contributed by atoms with Gasteiger partial charge in [0.2, 0.25) is 0 Å². The number of halogens is 2. The van der Waals surface area contributed by atoms with E-state index in [4.69, 9.17) is 23.2 Å². The first-order valence-corrected chi connectivity index (χ1v) is 11.5.